The van der Waals surface area contributed by atoms with Crippen molar-refractivity contribution in [1.82, 2.24) is 4.90 Å². The van der Waals surface area contributed by atoms with Crippen molar-refractivity contribution in [2.24, 2.45) is 0 Å². The van der Waals surface area contributed by atoms with Gasteiger partial charge in [-0.25, -0.2) is 0 Å². The van der Waals surface area contributed by atoms with E-state index in [-0.39, 0.29) is 11.6 Å². The van der Waals surface area contributed by atoms with Gasteiger partial charge in [-0.05, 0) is 37.6 Å². The van der Waals surface area contributed by atoms with Gasteiger partial charge in [0.1, 0.15) is 6.29 Å². The molecule has 0 radical (unpaired) electrons. The summed E-state index contributed by atoms with van der Waals surface area (Å²) < 4.78 is 0. The second-order valence-electron chi connectivity index (χ2n) is 5.96. The molecule has 2 aromatic carbocycles. The smallest absolute Gasteiger partial charge is 0.269 e. The van der Waals surface area contributed by atoms with Crippen LogP contribution in [0.4, 0.5) is 5.69 Å². The van der Waals surface area contributed by atoms with Crippen molar-refractivity contribution in [3.8, 4) is 0 Å². The Morgan fingerprint density at radius 1 is 1.12 bits per heavy atom. The number of nitrogens with zero attached hydrogens (tertiary/aromatic N) is 2. The van der Waals surface area contributed by atoms with Crippen LogP contribution in [0.1, 0.15) is 29.9 Å². The van der Waals surface area contributed by atoms with E-state index in [1.807, 2.05) is 18.2 Å². The lowest BCUT2D eigenvalue weighted by Gasteiger charge is -2.18. The maximum Gasteiger partial charge on any atom is 0.269 e. The Hall–Kier alpha value is -2.53. The van der Waals surface area contributed by atoms with Crippen LogP contribution in [0.2, 0.25) is 0 Å². The van der Waals surface area contributed by atoms with E-state index in [4.69, 9.17) is 0 Å². The number of hydrogen-bond acceptors (Lipinski definition) is 4. The zero-order valence-electron chi connectivity index (χ0n) is 13.8. The summed E-state index contributed by atoms with van der Waals surface area (Å²) >= 11 is 0. The van der Waals surface area contributed by atoms with E-state index in [1.165, 1.54) is 17.7 Å². The molecule has 2 aromatic rings. The molecule has 0 spiro atoms. The molecule has 0 saturated carbocycles. The second kappa shape index (κ2) is 8.93. The summed E-state index contributed by atoms with van der Waals surface area (Å²) in [5.41, 5.74) is 2.15. The number of carbonyl (C=O) groups is 1. The third-order valence-corrected chi connectivity index (χ3v) is 4.05. The van der Waals surface area contributed by atoms with Crippen LogP contribution in [0.15, 0.2) is 54.6 Å². The zero-order valence-corrected chi connectivity index (χ0v) is 13.8. The Labute approximate surface area is 142 Å². The van der Waals surface area contributed by atoms with Gasteiger partial charge in [0.2, 0.25) is 0 Å². The van der Waals surface area contributed by atoms with E-state index in [1.54, 1.807) is 12.1 Å². The van der Waals surface area contributed by atoms with Crippen LogP contribution < -0.4 is 0 Å². The highest BCUT2D eigenvalue weighted by Crippen LogP contribution is 2.22. The molecule has 2 rings (SSSR count). The fraction of sp³-hybridized carbons (Fsp3) is 0.316. The second-order valence-corrected chi connectivity index (χ2v) is 5.96. The minimum absolute atomic E-state index is 0.0472. The molecule has 0 fully saturated rings. The van der Waals surface area contributed by atoms with Gasteiger partial charge < -0.3 is 9.69 Å². The molecule has 1 unspecified atom stereocenters. The van der Waals surface area contributed by atoms with Crippen molar-refractivity contribution in [2.45, 2.75) is 25.3 Å². The average molecular weight is 326 g/mol. The lowest BCUT2D eigenvalue weighted by Crippen LogP contribution is -2.19. The molecule has 126 valence electrons. The fourth-order valence-electron chi connectivity index (χ4n) is 2.71. The Balaban J connectivity index is 1.82. The maximum absolute atomic E-state index is 11.3. The number of benzene rings is 2. The van der Waals surface area contributed by atoms with Crippen LogP contribution in [-0.4, -0.2) is 29.7 Å². The number of nitro groups is 1. The van der Waals surface area contributed by atoms with Gasteiger partial charge in [0.25, 0.3) is 5.69 Å². The van der Waals surface area contributed by atoms with Gasteiger partial charge in [-0.1, -0.05) is 42.5 Å². The van der Waals surface area contributed by atoms with Crippen LogP contribution >= 0.6 is 0 Å². The Bertz CT molecular complexity index is 656. The molecule has 0 aromatic heterocycles. The van der Waals surface area contributed by atoms with Crippen molar-refractivity contribution in [3.63, 3.8) is 0 Å². The van der Waals surface area contributed by atoms with Crippen molar-refractivity contribution in [3.05, 3.63) is 75.8 Å². The van der Waals surface area contributed by atoms with Crippen molar-refractivity contribution in [2.75, 3.05) is 13.6 Å². The van der Waals surface area contributed by atoms with E-state index in [0.717, 1.165) is 37.8 Å². The summed E-state index contributed by atoms with van der Waals surface area (Å²) in [6.07, 6.45) is 2.56. The molecule has 0 bridgehead atoms. The van der Waals surface area contributed by atoms with Gasteiger partial charge >= 0.3 is 0 Å². The molecule has 0 aliphatic rings. The molecule has 5 nitrogen and oxygen atoms in total. The first-order chi connectivity index (χ1) is 11.6. The molecule has 0 saturated heterocycles. The van der Waals surface area contributed by atoms with Crippen LogP contribution in [0.25, 0.3) is 0 Å². The van der Waals surface area contributed by atoms with Crippen LogP contribution in [-0.2, 0) is 11.3 Å². The molecule has 24 heavy (non-hydrogen) atoms. The fourth-order valence-corrected chi connectivity index (χ4v) is 2.71. The molecule has 0 amide bonds. The standard InChI is InChI=1S/C19H22N2O3/c1-20(14-16-6-3-2-4-7-16)13-5-8-18(15-22)17-9-11-19(12-10-17)21(23)24/h2-4,6-7,9-12,15,18H,5,8,13-14H2,1H3. The van der Waals surface area contributed by atoms with Gasteiger partial charge in [-0.15, -0.1) is 0 Å². The van der Waals surface area contributed by atoms with Crippen molar-refractivity contribution >= 4 is 12.0 Å². The Morgan fingerprint density at radius 3 is 2.38 bits per heavy atom. The largest absolute Gasteiger partial charge is 0.303 e. The molecular formula is C19H22N2O3. The van der Waals surface area contributed by atoms with Gasteiger partial charge in [0.05, 0.1) is 4.92 Å². The molecule has 0 aliphatic carbocycles. The average Bonchev–Trinajstić information content (AvgIpc) is 2.60. The van der Waals surface area contributed by atoms with Gasteiger partial charge in [0.15, 0.2) is 0 Å². The van der Waals surface area contributed by atoms with Crippen LogP contribution in [0.3, 0.4) is 0 Å². The topological polar surface area (TPSA) is 63.5 Å². The first-order valence-electron chi connectivity index (χ1n) is 8.02. The summed E-state index contributed by atoms with van der Waals surface area (Å²) in [4.78, 5) is 23.8. The first kappa shape index (κ1) is 17.8. The SMILES string of the molecule is CN(CCCC(C=O)c1ccc([N+](=O)[O-])cc1)Cc1ccccc1. The molecule has 1 atom stereocenters. The summed E-state index contributed by atoms with van der Waals surface area (Å²) in [6, 6.07) is 16.5. The number of aldehydes is 1. The Morgan fingerprint density at radius 2 is 1.79 bits per heavy atom. The normalized spacial score (nSPS) is 12.1. The van der Waals surface area contributed by atoms with Gasteiger partial charge in [-0.3, -0.25) is 10.1 Å². The summed E-state index contributed by atoms with van der Waals surface area (Å²) in [5, 5.41) is 10.7. The molecule has 5 heteroatoms. The quantitative estimate of drug-likeness (QED) is 0.399. The van der Waals surface area contributed by atoms with E-state index < -0.39 is 4.92 Å². The molecule has 0 N–H and O–H groups in total. The van der Waals surface area contributed by atoms with Gasteiger partial charge in [-0.2, -0.15) is 0 Å². The Kier molecular flexibility index (Phi) is 6.63. The van der Waals surface area contributed by atoms with Crippen LogP contribution in [0.5, 0.6) is 0 Å². The first-order valence-corrected chi connectivity index (χ1v) is 8.02. The van der Waals surface area contributed by atoms with E-state index in [2.05, 4.69) is 24.1 Å². The molecule has 0 heterocycles. The predicted octanol–water partition coefficient (Wildman–Crippen LogP) is 3.79. The highest BCUT2D eigenvalue weighted by molar-refractivity contribution is 5.62. The van der Waals surface area contributed by atoms with E-state index in [0.29, 0.717) is 0 Å². The number of nitro benzene ring substituents is 1. The third kappa shape index (κ3) is 5.28. The number of hydrogen-bond donors (Lipinski definition) is 0. The highest BCUT2D eigenvalue weighted by Gasteiger charge is 2.13. The van der Waals surface area contributed by atoms with Gasteiger partial charge in [0, 0.05) is 24.6 Å². The minimum Gasteiger partial charge on any atom is -0.303 e. The number of non-ortho nitro benzene ring substituents is 1. The van der Waals surface area contributed by atoms with E-state index >= 15 is 0 Å². The molecular weight excluding hydrogens is 304 g/mol. The van der Waals surface area contributed by atoms with Crippen molar-refractivity contribution < 1.29 is 9.72 Å². The predicted molar refractivity (Wildman–Crippen MR) is 93.9 cm³/mol. The van der Waals surface area contributed by atoms with Crippen molar-refractivity contribution in [1.29, 1.82) is 0 Å². The highest BCUT2D eigenvalue weighted by atomic mass is 16.6. The minimum atomic E-state index is -0.432. The lowest BCUT2D eigenvalue weighted by molar-refractivity contribution is -0.384. The third-order valence-electron chi connectivity index (χ3n) is 4.05. The monoisotopic (exact) mass is 326 g/mol. The number of rotatable bonds is 9. The van der Waals surface area contributed by atoms with Crippen LogP contribution in [0, 0.1) is 10.1 Å². The molecule has 0 aliphatic heterocycles. The summed E-state index contributed by atoms with van der Waals surface area (Å²) in [6.45, 7) is 1.77. The number of carbonyl (C=O) groups excluding carboxylic acids is 1. The zero-order chi connectivity index (χ0) is 17.4. The summed E-state index contributed by atoms with van der Waals surface area (Å²) in [5.74, 6) is -0.212. The van der Waals surface area contributed by atoms with E-state index in [9.17, 15) is 14.9 Å². The summed E-state index contributed by atoms with van der Waals surface area (Å²) in [7, 11) is 2.06. The lowest BCUT2D eigenvalue weighted by atomic mass is 9.95. The maximum atomic E-state index is 11.3.